The Kier molecular flexibility index (Phi) is 5.71. The van der Waals surface area contributed by atoms with Crippen LogP contribution in [-0.2, 0) is 9.84 Å². The summed E-state index contributed by atoms with van der Waals surface area (Å²) >= 11 is 0. The Morgan fingerprint density at radius 2 is 1.95 bits per heavy atom. The highest BCUT2D eigenvalue weighted by atomic mass is 32.2. The Balaban J connectivity index is 2.79. The number of sulfone groups is 1. The molecule has 0 saturated carbocycles. The number of amidine groups is 1. The molecule has 7 nitrogen and oxygen atoms in total. The van der Waals surface area contributed by atoms with Crippen LogP contribution in [0.25, 0.3) is 0 Å². The Labute approximate surface area is 123 Å². The predicted octanol–water partition coefficient (Wildman–Crippen LogP) is 0.735. The topological polar surface area (TPSA) is 122 Å². The third kappa shape index (κ3) is 5.07. The zero-order valence-corrected chi connectivity index (χ0v) is 12.7. The molecule has 1 atom stereocenters. The molecule has 0 aliphatic heterocycles. The first-order valence-corrected chi connectivity index (χ1v) is 8.24. The van der Waals surface area contributed by atoms with E-state index in [2.05, 4.69) is 10.5 Å². The molecule has 0 aromatic heterocycles. The van der Waals surface area contributed by atoms with E-state index in [0.717, 1.165) is 6.26 Å². The van der Waals surface area contributed by atoms with Gasteiger partial charge in [-0.3, -0.25) is 4.79 Å². The third-order valence-electron chi connectivity index (χ3n) is 2.96. The van der Waals surface area contributed by atoms with Crippen LogP contribution in [0.15, 0.2) is 34.3 Å². The molecule has 116 valence electrons. The number of nitrogens with one attached hydrogen (secondary N) is 1. The number of amides is 1. The van der Waals surface area contributed by atoms with Crippen molar-refractivity contribution in [3.8, 4) is 0 Å². The van der Waals surface area contributed by atoms with Gasteiger partial charge in [-0.25, -0.2) is 8.42 Å². The summed E-state index contributed by atoms with van der Waals surface area (Å²) in [5.74, 6) is -0.304. The maximum absolute atomic E-state index is 12.0. The van der Waals surface area contributed by atoms with Crippen molar-refractivity contribution in [1.82, 2.24) is 5.32 Å². The number of hydrogen-bond acceptors (Lipinski definition) is 5. The van der Waals surface area contributed by atoms with Crippen LogP contribution in [-0.4, -0.2) is 37.7 Å². The molecule has 0 radical (unpaired) electrons. The second-order valence-corrected chi connectivity index (χ2v) is 6.69. The summed E-state index contributed by atoms with van der Waals surface area (Å²) in [5.41, 5.74) is 5.76. The molecular formula is C13H19N3O4S. The molecular weight excluding hydrogens is 294 g/mol. The van der Waals surface area contributed by atoms with E-state index in [1.807, 2.05) is 6.92 Å². The van der Waals surface area contributed by atoms with Crippen LogP contribution in [0.4, 0.5) is 0 Å². The van der Waals surface area contributed by atoms with Crippen molar-refractivity contribution >= 4 is 21.6 Å². The van der Waals surface area contributed by atoms with E-state index in [1.165, 1.54) is 24.3 Å². The van der Waals surface area contributed by atoms with Crippen LogP contribution >= 0.6 is 0 Å². The zero-order valence-electron chi connectivity index (χ0n) is 11.9. The first-order valence-electron chi connectivity index (χ1n) is 6.35. The molecule has 1 aromatic carbocycles. The van der Waals surface area contributed by atoms with Gasteiger partial charge in [0.25, 0.3) is 5.91 Å². The van der Waals surface area contributed by atoms with Crippen LogP contribution in [0.5, 0.6) is 0 Å². The fourth-order valence-electron chi connectivity index (χ4n) is 1.71. The highest BCUT2D eigenvalue weighted by Gasteiger charge is 2.15. The molecule has 1 aromatic rings. The van der Waals surface area contributed by atoms with Crippen molar-refractivity contribution in [2.45, 2.75) is 30.7 Å². The first kappa shape index (κ1) is 17.0. The minimum atomic E-state index is -3.28. The molecule has 0 spiro atoms. The molecule has 1 amide bonds. The van der Waals surface area contributed by atoms with Crippen molar-refractivity contribution < 1.29 is 18.4 Å². The van der Waals surface area contributed by atoms with Gasteiger partial charge in [0, 0.05) is 24.3 Å². The SMILES string of the molecule is CCC(CC(N)=NO)NC(=O)c1ccc(S(C)(=O)=O)cc1. The molecule has 0 aliphatic rings. The van der Waals surface area contributed by atoms with Crippen LogP contribution in [0.3, 0.4) is 0 Å². The molecule has 0 saturated heterocycles. The van der Waals surface area contributed by atoms with Gasteiger partial charge < -0.3 is 16.3 Å². The molecule has 1 rings (SSSR count). The van der Waals surface area contributed by atoms with Gasteiger partial charge in [0.15, 0.2) is 9.84 Å². The summed E-state index contributed by atoms with van der Waals surface area (Å²) in [6.45, 7) is 1.86. The minimum absolute atomic E-state index is 0.0366. The van der Waals surface area contributed by atoms with Crippen LogP contribution < -0.4 is 11.1 Å². The molecule has 0 fully saturated rings. The van der Waals surface area contributed by atoms with Crippen molar-refractivity contribution in [2.24, 2.45) is 10.9 Å². The summed E-state index contributed by atoms with van der Waals surface area (Å²) in [5, 5.41) is 14.1. The van der Waals surface area contributed by atoms with Gasteiger partial charge >= 0.3 is 0 Å². The lowest BCUT2D eigenvalue weighted by molar-refractivity contribution is 0.0937. The van der Waals surface area contributed by atoms with E-state index in [0.29, 0.717) is 12.0 Å². The minimum Gasteiger partial charge on any atom is -0.409 e. The molecule has 0 bridgehead atoms. The average Bonchev–Trinajstić information content (AvgIpc) is 2.45. The normalized spacial score (nSPS) is 13.7. The van der Waals surface area contributed by atoms with Crippen molar-refractivity contribution in [3.05, 3.63) is 29.8 Å². The fraction of sp³-hybridized carbons (Fsp3) is 0.385. The van der Waals surface area contributed by atoms with Crippen molar-refractivity contribution in [3.63, 3.8) is 0 Å². The standard InChI is InChI=1S/C13H19N3O4S/c1-3-10(8-12(14)16-18)15-13(17)9-4-6-11(7-5-9)21(2,19)20/h4-7,10,18H,3,8H2,1-2H3,(H2,14,16)(H,15,17). The van der Waals surface area contributed by atoms with Crippen LogP contribution in [0.1, 0.15) is 30.1 Å². The maximum atomic E-state index is 12.0. The number of hydrogen-bond donors (Lipinski definition) is 3. The van der Waals surface area contributed by atoms with E-state index >= 15 is 0 Å². The second kappa shape index (κ2) is 7.07. The Hall–Kier alpha value is -2.09. The van der Waals surface area contributed by atoms with Gasteiger partial charge in [-0.1, -0.05) is 12.1 Å². The van der Waals surface area contributed by atoms with Crippen molar-refractivity contribution in [1.29, 1.82) is 0 Å². The zero-order chi connectivity index (χ0) is 16.0. The summed E-state index contributed by atoms with van der Waals surface area (Å²) in [6, 6.07) is 5.40. The van der Waals surface area contributed by atoms with Gasteiger partial charge in [-0.05, 0) is 30.7 Å². The lowest BCUT2D eigenvalue weighted by Crippen LogP contribution is -2.37. The number of nitrogens with two attached hydrogens (primary N) is 1. The molecule has 1 unspecified atom stereocenters. The summed E-state index contributed by atoms with van der Waals surface area (Å²) in [7, 11) is -3.28. The summed E-state index contributed by atoms with van der Waals surface area (Å²) in [6.07, 6.45) is 1.95. The Morgan fingerprint density at radius 1 is 1.38 bits per heavy atom. The lowest BCUT2D eigenvalue weighted by Gasteiger charge is -2.16. The first-order chi connectivity index (χ1) is 9.77. The number of carbonyl (C=O) groups excluding carboxylic acids is 1. The number of oxime groups is 1. The van der Waals surface area contributed by atoms with Crippen molar-refractivity contribution in [2.75, 3.05) is 6.26 Å². The number of nitrogens with zero attached hydrogens (tertiary/aromatic N) is 1. The van der Waals surface area contributed by atoms with Crippen LogP contribution in [0.2, 0.25) is 0 Å². The molecule has 4 N–H and O–H groups in total. The fourth-order valence-corrected chi connectivity index (χ4v) is 2.34. The van der Waals surface area contributed by atoms with E-state index < -0.39 is 9.84 Å². The highest BCUT2D eigenvalue weighted by molar-refractivity contribution is 7.90. The van der Waals surface area contributed by atoms with Gasteiger partial charge in [0.1, 0.15) is 5.84 Å². The lowest BCUT2D eigenvalue weighted by atomic mass is 10.1. The number of carbonyl (C=O) groups is 1. The highest BCUT2D eigenvalue weighted by Crippen LogP contribution is 2.11. The Bertz CT molecular complexity index is 623. The predicted molar refractivity (Wildman–Crippen MR) is 79.1 cm³/mol. The maximum Gasteiger partial charge on any atom is 0.251 e. The Morgan fingerprint density at radius 3 is 2.38 bits per heavy atom. The van der Waals surface area contributed by atoms with Gasteiger partial charge in [0.2, 0.25) is 0 Å². The summed E-state index contributed by atoms with van der Waals surface area (Å²) in [4.78, 5) is 12.2. The smallest absolute Gasteiger partial charge is 0.251 e. The quantitative estimate of drug-likeness (QED) is 0.309. The van der Waals surface area contributed by atoms with E-state index in [-0.39, 0.29) is 29.1 Å². The van der Waals surface area contributed by atoms with Crippen LogP contribution in [0, 0.1) is 0 Å². The molecule has 8 heteroatoms. The monoisotopic (exact) mass is 313 g/mol. The largest absolute Gasteiger partial charge is 0.409 e. The van der Waals surface area contributed by atoms with E-state index in [9.17, 15) is 13.2 Å². The van der Waals surface area contributed by atoms with E-state index in [4.69, 9.17) is 10.9 Å². The van der Waals surface area contributed by atoms with Gasteiger partial charge in [0.05, 0.1) is 4.90 Å². The number of rotatable bonds is 6. The average molecular weight is 313 g/mol. The third-order valence-corrected chi connectivity index (χ3v) is 4.09. The summed E-state index contributed by atoms with van der Waals surface area (Å²) < 4.78 is 22.7. The van der Waals surface area contributed by atoms with Gasteiger partial charge in [-0.2, -0.15) is 0 Å². The second-order valence-electron chi connectivity index (χ2n) is 4.67. The molecule has 0 aliphatic carbocycles. The van der Waals surface area contributed by atoms with Gasteiger partial charge in [-0.15, -0.1) is 0 Å². The number of benzene rings is 1. The molecule has 0 heterocycles. The van der Waals surface area contributed by atoms with E-state index in [1.54, 1.807) is 0 Å². The molecule has 21 heavy (non-hydrogen) atoms.